The molecule has 4 heteroatoms. The van der Waals surface area contributed by atoms with E-state index in [1.807, 2.05) is 0 Å². The van der Waals surface area contributed by atoms with Gasteiger partial charge >= 0.3 is 0 Å². The van der Waals surface area contributed by atoms with Crippen LogP contribution in [0, 0.1) is 0 Å². The van der Waals surface area contributed by atoms with E-state index in [1.165, 1.54) is 0 Å². The second-order valence-electron chi connectivity index (χ2n) is 7.09. The van der Waals surface area contributed by atoms with Crippen LogP contribution in [0.4, 0.5) is 0 Å². The van der Waals surface area contributed by atoms with Crippen LogP contribution in [0.15, 0.2) is 0 Å². The number of rotatable bonds is 4. The van der Waals surface area contributed by atoms with Gasteiger partial charge in [-0.15, -0.1) is 0 Å². The molecule has 0 saturated carbocycles. The van der Waals surface area contributed by atoms with Crippen LogP contribution in [0.1, 0.15) is 41.5 Å². The van der Waals surface area contributed by atoms with Gasteiger partial charge in [-0.05, 0) is 41.5 Å². The average molecular weight is 257 g/mol. The van der Waals surface area contributed by atoms with Gasteiger partial charge in [0, 0.05) is 38.4 Å². The molecule has 0 aliphatic carbocycles. The lowest BCUT2D eigenvalue weighted by molar-refractivity contribution is -0.0218. The van der Waals surface area contributed by atoms with Gasteiger partial charge in [-0.2, -0.15) is 0 Å². The third-order valence-corrected chi connectivity index (χ3v) is 3.26. The molecule has 0 atom stereocenters. The summed E-state index contributed by atoms with van der Waals surface area (Å²) in [6.45, 7) is 19.3. The van der Waals surface area contributed by atoms with E-state index in [2.05, 4.69) is 56.7 Å². The van der Waals surface area contributed by atoms with Crippen molar-refractivity contribution in [2.45, 2.75) is 52.7 Å². The Morgan fingerprint density at radius 1 is 0.944 bits per heavy atom. The average Bonchev–Trinajstić information content (AvgIpc) is 2.22. The maximum Gasteiger partial charge on any atom is 0.0982 e. The maximum atomic E-state index is 5.65. The van der Waals surface area contributed by atoms with Gasteiger partial charge in [-0.3, -0.25) is 15.1 Å². The Hall–Kier alpha value is -0.160. The highest BCUT2D eigenvalue weighted by Gasteiger charge is 2.25. The molecule has 1 N–H and O–H groups in total. The molecule has 0 amide bonds. The molecule has 1 rings (SSSR count). The molecule has 108 valence electrons. The molecule has 0 bridgehead atoms. The lowest BCUT2D eigenvalue weighted by Crippen LogP contribution is -2.55. The van der Waals surface area contributed by atoms with Crippen molar-refractivity contribution < 1.29 is 4.74 Å². The van der Waals surface area contributed by atoms with E-state index < -0.39 is 0 Å². The Labute approximate surface area is 113 Å². The summed E-state index contributed by atoms with van der Waals surface area (Å²) in [7, 11) is 0. The minimum absolute atomic E-state index is 0.0576. The van der Waals surface area contributed by atoms with Gasteiger partial charge in [0.15, 0.2) is 0 Å². The number of hydrogen-bond acceptors (Lipinski definition) is 4. The zero-order valence-corrected chi connectivity index (χ0v) is 13.0. The highest BCUT2D eigenvalue weighted by Crippen LogP contribution is 2.15. The topological polar surface area (TPSA) is 27.7 Å². The van der Waals surface area contributed by atoms with Crippen LogP contribution in [0.3, 0.4) is 0 Å². The van der Waals surface area contributed by atoms with E-state index in [9.17, 15) is 0 Å². The molecule has 4 nitrogen and oxygen atoms in total. The summed E-state index contributed by atoms with van der Waals surface area (Å²) in [5, 5.41) is 3.35. The molecule has 0 unspecified atom stereocenters. The van der Waals surface area contributed by atoms with E-state index in [1.54, 1.807) is 0 Å². The van der Waals surface area contributed by atoms with E-state index in [-0.39, 0.29) is 5.60 Å². The second-order valence-corrected chi connectivity index (χ2v) is 7.09. The smallest absolute Gasteiger partial charge is 0.0982 e. The minimum Gasteiger partial charge on any atom is -0.361 e. The maximum absolute atomic E-state index is 5.65. The van der Waals surface area contributed by atoms with Crippen molar-refractivity contribution in [1.82, 2.24) is 15.1 Å². The van der Waals surface area contributed by atoms with E-state index in [0.717, 1.165) is 32.8 Å². The number of nitrogens with one attached hydrogen (secondary N) is 1. The van der Waals surface area contributed by atoms with Crippen LogP contribution < -0.4 is 5.32 Å². The van der Waals surface area contributed by atoms with Crippen LogP contribution in [-0.4, -0.2) is 60.5 Å². The molecular formula is C14H31N3O. The molecule has 0 spiro atoms. The molecular weight excluding hydrogens is 226 g/mol. The molecule has 0 aromatic carbocycles. The predicted molar refractivity (Wildman–Crippen MR) is 76.6 cm³/mol. The predicted octanol–water partition coefficient (Wildman–Crippen LogP) is 1.72. The van der Waals surface area contributed by atoms with Crippen molar-refractivity contribution in [3.05, 3.63) is 0 Å². The molecule has 1 aliphatic heterocycles. The summed E-state index contributed by atoms with van der Waals surface area (Å²) in [4.78, 5) is 5.00. The summed E-state index contributed by atoms with van der Waals surface area (Å²) in [6, 6.07) is 0. The first kappa shape index (κ1) is 15.9. The number of ether oxygens (including phenoxy) is 1. The quantitative estimate of drug-likeness (QED) is 0.613. The van der Waals surface area contributed by atoms with Crippen molar-refractivity contribution in [2.24, 2.45) is 0 Å². The molecule has 1 fully saturated rings. The van der Waals surface area contributed by atoms with Crippen molar-refractivity contribution in [1.29, 1.82) is 0 Å². The van der Waals surface area contributed by atoms with Gasteiger partial charge in [0.1, 0.15) is 0 Å². The van der Waals surface area contributed by atoms with Crippen molar-refractivity contribution in [3.8, 4) is 0 Å². The zero-order chi connectivity index (χ0) is 13.8. The first-order valence-corrected chi connectivity index (χ1v) is 7.00. The molecule has 0 aromatic rings. The summed E-state index contributed by atoms with van der Waals surface area (Å²) < 4.78 is 5.65. The lowest BCUT2D eigenvalue weighted by atomic mass is 10.1. The third-order valence-electron chi connectivity index (χ3n) is 3.26. The van der Waals surface area contributed by atoms with Crippen molar-refractivity contribution in [3.63, 3.8) is 0 Å². The third kappa shape index (κ3) is 6.14. The first-order chi connectivity index (χ1) is 8.18. The van der Waals surface area contributed by atoms with Crippen LogP contribution in [0.25, 0.3) is 0 Å². The van der Waals surface area contributed by atoms with Gasteiger partial charge in [0.2, 0.25) is 0 Å². The first-order valence-electron chi connectivity index (χ1n) is 7.00. The Balaban J connectivity index is 2.13. The Morgan fingerprint density at radius 2 is 1.50 bits per heavy atom. The van der Waals surface area contributed by atoms with E-state index in [0.29, 0.717) is 12.3 Å². The number of nitrogens with zero attached hydrogens (tertiary/aromatic N) is 2. The fourth-order valence-electron chi connectivity index (χ4n) is 2.05. The fraction of sp³-hybridized carbons (Fsp3) is 1.00. The van der Waals surface area contributed by atoms with Gasteiger partial charge in [0.05, 0.1) is 12.3 Å². The largest absolute Gasteiger partial charge is 0.361 e. The summed E-state index contributed by atoms with van der Waals surface area (Å²) in [5.41, 5.74) is 0.243. The molecule has 1 saturated heterocycles. The van der Waals surface area contributed by atoms with Crippen LogP contribution in [-0.2, 0) is 4.74 Å². The highest BCUT2D eigenvalue weighted by molar-refractivity contribution is 4.81. The molecule has 18 heavy (non-hydrogen) atoms. The van der Waals surface area contributed by atoms with Gasteiger partial charge < -0.3 is 4.74 Å². The SMILES string of the molecule is CC(C)(C)OCNCN1CCN(C(C)(C)C)CC1. The fourth-order valence-corrected chi connectivity index (χ4v) is 2.05. The normalized spacial score (nSPS) is 20.3. The number of hydrogen-bond donors (Lipinski definition) is 1. The van der Waals surface area contributed by atoms with Gasteiger partial charge in [-0.1, -0.05) is 0 Å². The van der Waals surface area contributed by atoms with E-state index >= 15 is 0 Å². The monoisotopic (exact) mass is 257 g/mol. The Morgan fingerprint density at radius 3 is 1.94 bits per heavy atom. The summed E-state index contributed by atoms with van der Waals surface area (Å²) in [5.74, 6) is 0. The van der Waals surface area contributed by atoms with Crippen LogP contribution in [0.5, 0.6) is 0 Å². The van der Waals surface area contributed by atoms with Crippen molar-refractivity contribution >= 4 is 0 Å². The second kappa shape index (κ2) is 6.33. The molecule has 0 aromatic heterocycles. The Kier molecular flexibility index (Phi) is 5.59. The Bertz CT molecular complexity index is 234. The standard InChI is InChI=1S/C14H31N3O/c1-13(2,3)17-9-7-16(8-10-17)11-15-12-18-14(4,5)6/h15H,7-12H2,1-6H3. The van der Waals surface area contributed by atoms with Gasteiger partial charge in [0.25, 0.3) is 0 Å². The van der Waals surface area contributed by atoms with Gasteiger partial charge in [-0.25, -0.2) is 0 Å². The summed E-state index contributed by atoms with van der Waals surface area (Å²) >= 11 is 0. The van der Waals surface area contributed by atoms with Crippen LogP contribution in [0.2, 0.25) is 0 Å². The molecule has 1 aliphatic rings. The van der Waals surface area contributed by atoms with E-state index in [4.69, 9.17) is 4.74 Å². The molecule has 0 radical (unpaired) electrons. The lowest BCUT2D eigenvalue weighted by Gasteiger charge is -2.42. The number of piperazine rings is 1. The van der Waals surface area contributed by atoms with Crippen molar-refractivity contribution in [2.75, 3.05) is 39.6 Å². The minimum atomic E-state index is -0.0576. The molecule has 1 heterocycles. The van der Waals surface area contributed by atoms with Crippen LogP contribution >= 0.6 is 0 Å². The summed E-state index contributed by atoms with van der Waals surface area (Å²) in [6.07, 6.45) is 0. The highest BCUT2D eigenvalue weighted by atomic mass is 16.5. The zero-order valence-electron chi connectivity index (χ0n) is 13.0.